The summed E-state index contributed by atoms with van der Waals surface area (Å²) in [6, 6.07) is 5.91. The van der Waals surface area contributed by atoms with E-state index in [1.54, 1.807) is 0 Å². The van der Waals surface area contributed by atoms with Gasteiger partial charge in [-0.05, 0) is 12.1 Å². The molecule has 0 atom stereocenters. The lowest BCUT2D eigenvalue weighted by atomic mass is 10.1. The van der Waals surface area contributed by atoms with Gasteiger partial charge in [-0.3, -0.25) is 0 Å². The van der Waals surface area contributed by atoms with Crippen molar-refractivity contribution >= 4 is 11.0 Å². The summed E-state index contributed by atoms with van der Waals surface area (Å²) in [5.74, 6) is 0.961. The number of hydrogen-bond donors (Lipinski definition) is 0. The molecule has 0 aliphatic carbocycles. The van der Waals surface area contributed by atoms with Crippen LogP contribution in [0, 0.1) is 0 Å². The first-order valence-electron chi connectivity index (χ1n) is 4.07. The Labute approximate surface area is 69.7 Å². The maximum Gasteiger partial charge on any atom is 0.137 e. The molecular weight excluding hydrogens is 152 g/mol. The Hall–Kier alpha value is -1.44. The fourth-order valence-corrected chi connectivity index (χ4v) is 1.69. The standard InChI is InChI=1S/C10H8O2/c1-2-8-10-7(4-5-11-8)6-12-9(10)3-1/h1-3,6H,4-5H2. The van der Waals surface area contributed by atoms with Crippen LogP contribution >= 0.6 is 0 Å². The summed E-state index contributed by atoms with van der Waals surface area (Å²) in [5, 5.41) is 1.16. The lowest BCUT2D eigenvalue weighted by Gasteiger charge is -2.12. The van der Waals surface area contributed by atoms with E-state index >= 15 is 0 Å². The van der Waals surface area contributed by atoms with Crippen molar-refractivity contribution in [3.05, 3.63) is 30.0 Å². The van der Waals surface area contributed by atoms with Gasteiger partial charge in [0, 0.05) is 12.0 Å². The minimum absolute atomic E-state index is 0.769. The van der Waals surface area contributed by atoms with Gasteiger partial charge < -0.3 is 9.15 Å². The fourth-order valence-electron chi connectivity index (χ4n) is 1.69. The van der Waals surface area contributed by atoms with E-state index in [0.717, 1.165) is 29.7 Å². The van der Waals surface area contributed by atoms with E-state index in [2.05, 4.69) is 0 Å². The monoisotopic (exact) mass is 160 g/mol. The first kappa shape index (κ1) is 6.12. The molecule has 0 saturated carbocycles. The van der Waals surface area contributed by atoms with Gasteiger partial charge in [0.15, 0.2) is 0 Å². The largest absolute Gasteiger partial charge is 0.492 e. The zero-order valence-electron chi connectivity index (χ0n) is 6.54. The normalized spacial score (nSPS) is 14.7. The van der Waals surface area contributed by atoms with E-state index in [9.17, 15) is 0 Å². The minimum Gasteiger partial charge on any atom is -0.492 e. The highest BCUT2D eigenvalue weighted by molar-refractivity contribution is 5.88. The summed E-state index contributed by atoms with van der Waals surface area (Å²) in [4.78, 5) is 0. The summed E-state index contributed by atoms with van der Waals surface area (Å²) >= 11 is 0. The smallest absolute Gasteiger partial charge is 0.137 e. The van der Waals surface area contributed by atoms with E-state index in [0.29, 0.717) is 0 Å². The molecule has 0 bridgehead atoms. The molecule has 3 rings (SSSR count). The highest BCUT2D eigenvalue weighted by atomic mass is 16.5. The van der Waals surface area contributed by atoms with Crippen LogP contribution in [0.25, 0.3) is 11.0 Å². The maximum atomic E-state index is 5.49. The molecule has 2 heterocycles. The predicted molar refractivity (Wildman–Crippen MR) is 45.4 cm³/mol. The predicted octanol–water partition coefficient (Wildman–Crippen LogP) is 2.37. The van der Waals surface area contributed by atoms with E-state index in [4.69, 9.17) is 9.15 Å². The molecule has 1 aromatic carbocycles. The van der Waals surface area contributed by atoms with Crippen LogP contribution in [-0.2, 0) is 6.42 Å². The Kier molecular flexibility index (Phi) is 1.04. The van der Waals surface area contributed by atoms with Gasteiger partial charge in [0.05, 0.1) is 18.3 Å². The second-order valence-corrected chi connectivity index (χ2v) is 2.99. The van der Waals surface area contributed by atoms with Crippen molar-refractivity contribution < 1.29 is 9.15 Å². The van der Waals surface area contributed by atoms with Crippen LogP contribution in [0.2, 0.25) is 0 Å². The highest BCUT2D eigenvalue weighted by Crippen LogP contribution is 2.33. The van der Waals surface area contributed by atoms with Crippen molar-refractivity contribution in [3.8, 4) is 5.75 Å². The molecule has 60 valence electrons. The van der Waals surface area contributed by atoms with Crippen LogP contribution in [0.15, 0.2) is 28.9 Å². The molecule has 1 aliphatic rings. The Balaban J connectivity index is 2.50. The summed E-state index contributed by atoms with van der Waals surface area (Å²) < 4.78 is 10.9. The molecule has 0 N–H and O–H groups in total. The van der Waals surface area contributed by atoms with Gasteiger partial charge in [-0.15, -0.1) is 0 Å². The van der Waals surface area contributed by atoms with Crippen molar-refractivity contribution in [2.45, 2.75) is 6.42 Å². The van der Waals surface area contributed by atoms with Crippen molar-refractivity contribution in [2.75, 3.05) is 6.61 Å². The van der Waals surface area contributed by atoms with Crippen molar-refractivity contribution in [1.82, 2.24) is 0 Å². The summed E-state index contributed by atoms with van der Waals surface area (Å²) in [6.45, 7) is 0.769. The third kappa shape index (κ3) is 0.644. The van der Waals surface area contributed by atoms with E-state index in [1.165, 1.54) is 5.56 Å². The molecule has 0 radical (unpaired) electrons. The van der Waals surface area contributed by atoms with Crippen molar-refractivity contribution in [1.29, 1.82) is 0 Å². The Morgan fingerprint density at radius 1 is 1.25 bits per heavy atom. The van der Waals surface area contributed by atoms with Gasteiger partial charge in [0.25, 0.3) is 0 Å². The Morgan fingerprint density at radius 2 is 2.25 bits per heavy atom. The number of rotatable bonds is 0. The Morgan fingerprint density at radius 3 is 3.25 bits per heavy atom. The van der Waals surface area contributed by atoms with Gasteiger partial charge >= 0.3 is 0 Å². The first-order chi connectivity index (χ1) is 5.95. The lowest BCUT2D eigenvalue weighted by molar-refractivity contribution is 0.318. The van der Waals surface area contributed by atoms with Gasteiger partial charge in [0.1, 0.15) is 11.3 Å². The topological polar surface area (TPSA) is 22.4 Å². The van der Waals surface area contributed by atoms with Crippen molar-refractivity contribution in [2.24, 2.45) is 0 Å². The van der Waals surface area contributed by atoms with Gasteiger partial charge in [-0.25, -0.2) is 0 Å². The molecule has 1 aromatic heterocycles. The Bertz CT molecular complexity index is 428. The maximum absolute atomic E-state index is 5.49. The zero-order chi connectivity index (χ0) is 7.97. The quantitative estimate of drug-likeness (QED) is 0.590. The van der Waals surface area contributed by atoms with E-state index in [1.807, 2.05) is 24.5 Å². The minimum atomic E-state index is 0.769. The molecule has 0 unspecified atom stereocenters. The number of furan rings is 1. The number of hydrogen-bond acceptors (Lipinski definition) is 2. The third-order valence-corrected chi connectivity index (χ3v) is 2.27. The average Bonchev–Trinajstić information content (AvgIpc) is 2.52. The lowest BCUT2D eigenvalue weighted by Crippen LogP contribution is -2.05. The fraction of sp³-hybridized carbons (Fsp3) is 0.200. The van der Waals surface area contributed by atoms with Crippen molar-refractivity contribution in [3.63, 3.8) is 0 Å². The van der Waals surface area contributed by atoms with Gasteiger partial charge in [0.2, 0.25) is 0 Å². The molecule has 2 aromatic rings. The molecule has 0 amide bonds. The number of ether oxygens (including phenoxy) is 1. The summed E-state index contributed by atoms with van der Waals surface area (Å²) in [6.07, 6.45) is 2.79. The zero-order valence-corrected chi connectivity index (χ0v) is 6.54. The van der Waals surface area contributed by atoms with Gasteiger partial charge in [-0.1, -0.05) is 6.07 Å². The summed E-state index contributed by atoms with van der Waals surface area (Å²) in [5.41, 5.74) is 2.20. The van der Waals surface area contributed by atoms with Crippen LogP contribution in [0.4, 0.5) is 0 Å². The second kappa shape index (κ2) is 2.03. The highest BCUT2D eigenvalue weighted by Gasteiger charge is 2.15. The molecule has 2 nitrogen and oxygen atoms in total. The molecule has 1 aliphatic heterocycles. The number of benzene rings is 1. The van der Waals surface area contributed by atoms with Crippen LogP contribution in [0.3, 0.4) is 0 Å². The van der Waals surface area contributed by atoms with Crippen LogP contribution in [0.1, 0.15) is 5.56 Å². The molecule has 0 fully saturated rings. The second-order valence-electron chi connectivity index (χ2n) is 2.99. The molecule has 12 heavy (non-hydrogen) atoms. The van der Waals surface area contributed by atoms with Gasteiger partial charge in [-0.2, -0.15) is 0 Å². The van der Waals surface area contributed by atoms with Crippen LogP contribution < -0.4 is 4.74 Å². The average molecular weight is 160 g/mol. The molecule has 0 spiro atoms. The molecular formula is C10H8O2. The van der Waals surface area contributed by atoms with E-state index < -0.39 is 0 Å². The van der Waals surface area contributed by atoms with Crippen LogP contribution in [0.5, 0.6) is 5.75 Å². The first-order valence-corrected chi connectivity index (χ1v) is 4.07. The SMILES string of the molecule is c1cc2c3c(coc3c1)CCO2. The molecule has 0 saturated heterocycles. The third-order valence-electron chi connectivity index (χ3n) is 2.27. The van der Waals surface area contributed by atoms with Crippen LogP contribution in [-0.4, -0.2) is 6.61 Å². The molecule has 2 heteroatoms. The summed E-state index contributed by atoms with van der Waals surface area (Å²) in [7, 11) is 0. The van der Waals surface area contributed by atoms with E-state index in [-0.39, 0.29) is 0 Å².